The van der Waals surface area contributed by atoms with E-state index in [0.717, 1.165) is 10.5 Å². The Morgan fingerprint density at radius 1 is 0.803 bits per heavy atom. The molecule has 1 aliphatic rings. The fourth-order valence-electron chi connectivity index (χ4n) is 7.61. The van der Waals surface area contributed by atoms with E-state index in [1.54, 1.807) is 34.0 Å². The van der Waals surface area contributed by atoms with Crippen LogP contribution in [-0.2, 0) is 54.3 Å². The molecule has 1 fully saturated rings. The highest BCUT2D eigenvalue weighted by atomic mass is 16.5. The number of nitrogens with zero attached hydrogens (tertiary/aromatic N) is 2. The maximum absolute atomic E-state index is 14.4. The van der Waals surface area contributed by atoms with Gasteiger partial charge < -0.3 is 63.2 Å². The number of hydrogen-bond donors (Lipinski definition) is 10. The summed E-state index contributed by atoms with van der Waals surface area (Å²) in [5, 5.41) is 35.7. The molecular formula is C49H76N10O12. The Balaban J connectivity index is 2.73. The number of nitrogens with one attached hydrogen (secondary N) is 6. The number of carboxylic acids is 2. The van der Waals surface area contributed by atoms with Gasteiger partial charge in [0.25, 0.3) is 0 Å². The molecule has 3 unspecified atom stereocenters. The van der Waals surface area contributed by atoms with Gasteiger partial charge in [0.1, 0.15) is 36.3 Å². The van der Waals surface area contributed by atoms with E-state index in [-0.39, 0.29) is 56.1 Å². The van der Waals surface area contributed by atoms with Crippen molar-refractivity contribution in [3.05, 3.63) is 59.7 Å². The van der Waals surface area contributed by atoms with Crippen LogP contribution in [0.2, 0.25) is 0 Å². The average Bonchev–Trinajstić information content (AvgIpc) is 3.31. The van der Waals surface area contributed by atoms with E-state index in [1.807, 2.05) is 43.3 Å². The first-order chi connectivity index (χ1) is 33.3. The number of aliphatic imine (C=N–C) groups is 1. The number of carboxylic acid groups (broad SMARTS) is 2. The Bertz CT molecular complexity index is 2110. The molecule has 0 radical (unpaired) electrons. The lowest BCUT2D eigenvalue weighted by molar-refractivity contribution is -0.146. The normalized spacial score (nSPS) is 26.4. The van der Waals surface area contributed by atoms with Gasteiger partial charge >= 0.3 is 11.9 Å². The minimum atomic E-state index is -1.87. The van der Waals surface area contributed by atoms with E-state index in [1.165, 1.54) is 40.8 Å². The molecule has 1 heterocycles. The van der Waals surface area contributed by atoms with Crippen molar-refractivity contribution in [3.63, 3.8) is 0 Å². The van der Waals surface area contributed by atoms with Crippen LogP contribution in [0.4, 0.5) is 0 Å². The van der Waals surface area contributed by atoms with Crippen LogP contribution in [0, 0.1) is 23.7 Å². The lowest BCUT2D eigenvalue weighted by atomic mass is 9.94. The lowest BCUT2D eigenvalue weighted by Crippen LogP contribution is -2.59. The van der Waals surface area contributed by atoms with Gasteiger partial charge in [0.2, 0.25) is 41.4 Å². The molecule has 7 amide bonds. The Kier molecular flexibility index (Phi) is 24.9. The molecule has 1 aromatic rings. The van der Waals surface area contributed by atoms with Crippen molar-refractivity contribution < 1.29 is 58.1 Å². The van der Waals surface area contributed by atoms with E-state index in [2.05, 4.69) is 36.9 Å². The van der Waals surface area contributed by atoms with Gasteiger partial charge in [0.05, 0.1) is 24.0 Å². The molecule has 22 heteroatoms. The van der Waals surface area contributed by atoms with Gasteiger partial charge in [-0.25, -0.2) is 9.59 Å². The van der Waals surface area contributed by atoms with Crippen LogP contribution in [0.3, 0.4) is 0 Å². The fourth-order valence-corrected chi connectivity index (χ4v) is 7.61. The monoisotopic (exact) mass is 997 g/mol. The number of carbonyl (C=O) groups is 9. The molecule has 1 saturated heterocycles. The molecule has 1 aliphatic heterocycles. The maximum atomic E-state index is 14.4. The average molecular weight is 997 g/mol. The van der Waals surface area contributed by atoms with Crippen molar-refractivity contribution in [2.45, 2.75) is 142 Å². The minimum Gasteiger partial charge on any atom is -0.480 e. The van der Waals surface area contributed by atoms with E-state index in [0.29, 0.717) is 12.0 Å². The second kappa shape index (κ2) is 29.4. The summed E-state index contributed by atoms with van der Waals surface area (Å²) in [5.74, 6) is -12.1. The molecule has 1 aromatic carbocycles. The highest BCUT2D eigenvalue weighted by Crippen LogP contribution is 2.19. The molecular weight excluding hydrogens is 921 g/mol. The van der Waals surface area contributed by atoms with Gasteiger partial charge in [0.15, 0.2) is 5.96 Å². The van der Waals surface area contributed by atoms with Crippen molar-refractivity contribution >= 4 is 59.2 Å². The summed E-state index contributed by atoms with van der Waals surface area (Å²) in [4.78, 5) is 126. The second-order valence-corrected chi connectivity index (χ2v) is 18.6. The molecule has 0 aromatic heterocycles. The Morgan fingerprint density at radius 3 is 1.99 bits per heavy atom. The number of carbonyl (C=O) groups excluding carboxylic acids is 7. The van der Waals surface area contributed by atoms with Gasteiger partial charge in [-0.3, -0.25) is 38.6 Å². The summed E-state index contributed by atoms with van der Waals surface area (Å²) in [6.07, 6.45) is 4.80. The van der Waals surface area contributed by atoms with Gasteiger partial charge in [-0.2, -0.15) is 0 Å². The first-order valence-corrected chi connectivity index (χ1v) is 23.8. The molecule has 2 rings (SSSR count). The van der Waals surface area contributed by atoms with Crippen LogP contribution in [-0.4, -0.2) is 143 Å². The number of ether oxygens (including phenoxy) is 1. The molecule has 71 heavy (non-hydrogen) atoms. The number of hydrogen-bond acceptors (Lipinski definition) is 11. The molecule has 12 N–H and O–H groups in total. The number of likely N-dealkylation sites (N-methyl/N-ethyl adjacent to an activating group) is 1. The fraction of sp³-hybridized carbons (Fsp3) is 0.592. The summed E-state index contributed by atoms with van der Waals surface area (Å²) < 4.78 is 5.82. The van der Waals surface area contributed by atoms with Crippen LogP contribution in [0.15, 0.2) is 59.1 Å². The van der Waals surface area contributed by atoms with Crippen LogP contribution in [0.5, 0.6) is 0 Å². The van der Waals surface area contributed by atoms with E-state index in [4.69, 9.17) is 16.2 Å². The number of allylic oxidation sites excluding steroid dienone is 2. The quantitative estimate of drug-likeness (QED) is 0.0495. The van der Waals surface area contributed by atoms with Gasteiger partial charge in [-0.05, 0) is 64.4 Å². The number of aliphatic carboxylic acids is 2. The van der Waals surface area contributed by atoms with Crippen LogP contribution < -0.4 is 43.4 Å². The van der Waals surface area contributed by atoms with Crippen molar-refractivity contribution in [1.29, 1.82) is 0 Å². The number of nitrogens with two attached hydrogens (primary N) is 2. The summed E-state index contributed by atoms with van der Waals surface area (Å²) in [6.45, 7) is 12.7. The summed E-state index contributed by atoms with van der Waals surface area (Å²) in [5.41, 5.74) is 12.8. The third-order valence-corrected chi connectivity index (χ3v) is 12.3. The zero-order chi connectivity index (χ0) is 53.7. The van der Waals surface area contributed by atoms with E-state index >= 15 is 0 Å². The highest BCUT2D eigenvalue weighted by molar-refractivity contribution is 5.97. The summed E-state index contributed by atoms with van der Waals surface area (Å²) in [6, 6.07) is -0.00974. The number of benzene rings is 1. The number of guanidine groups is 1. The highest BCUT2D eigenvalue weighted by Gasteiger charge is 2.37. The van der Waals surface area contributed by atoms with Crippen LogP contribution in [0.25, 0.3) is 0 Å². The smallest absolute Gasteiger partial charge is 0.327 e. The summed E-state index contributed by atoms with van der Waals surface area (Å²) >= 11 is 0. The predicted molar refractivity (Wildman–Crippen MR) is 265 cm³/mol. The maximum Gasteiger partial charge on any atom is 0.327 e. The van der Waals surface area contributed by atoms with Crippen molar-refractivity contribution in [2.75, 3.05) is 20.7 Å². The zero-order valence-corrected chi connectivity index (χ0v) is 42.5. The Labute approximate surface area is 416 Å². The third kappa shape index (κ3) is 20.2. The minimum absolute atomic E-state index is 0.0237. The predicted octanol–water partition coefficient (Wildman–Crippen LogP) is 0.493. The van der Waals surface area contributed by atoms with E-state index in [9.17, 15) is 53.4 Å². The van der Waals surface area contributed by atoms with E-state index < -0.39 is 114 Å². The topological polar surface area (TPSA) is 343 Å². The second-order valence-electron chi connectivity index (χ2n) is 18.6. The van der Waals surface area contributed by atoms with Gasteiger partial charge in [0, 0.05) is 33.0 Å². The van der Waals surface area contributed by atoms with Crippen LogP contribution in [0.1, 0.15) is 93.1 Å². The Hall–Kier alpha value is -6.84. The van der Waals surface area contributed by atoms with Gasteiger partial charge in [-0.1, -0.05) is 88.8 Å². The van der Waals surface area contributed by atoms with Gasteiger partial charge in [-0.15, -0.1) is 0 Å². The lowest BCUT2D eigenvalue weighted by Gasteiger charge is -2.28. The molecule has 11 atom stereocenters. The SMILES string of the molecule is CO[C@@H](Cc1ccccc1)[C@@H](C)/C=C(C)/C=C/C1NC(=O)C(CCCN=C(N)N)NC(=O)[C@@H](C)C(C(=O)O)NC(=O)[C@H](CC(C)C)NC(=O)[C@@H](C)NC(=O)[C@H](C)N(C)C(=O)CC[C@H](C(=O)O)NC(=O)[C@H]1C. The number of amides is 7. The number of rotatable bonds is 15. The first-order valence-electron chi connectivity index (χ1n) is 23.8. The molecule has 0 aliphatic carbocycles. The largest absolute Gasteiger partial charge is 0.480 e. The molecule has 0 saturated carbocycles. The molecule has 0 bridgehead atoms. The standard InChI is InChI=1S/C49H76N10O12/c1-26(2)23-37-46(66)58-40(48(69)70)30(6)42(62)55-35(17-14-22-52-49(50)51)45(65)54-34(19-18-27(3)24-28(4)38(71-10)25-33-15-12-11-13-16-33)29(5)41(61)56-36(47(67)68)20-21-39(60)59(9)32(8)44(64)53-31(7)43(63)57-37/h11-13,15-16,18-19,24,26,28-32,34-38,40H,14,17,20-23,25H2,1-10H3,(H,53,64)(H,54,65)(H,55,62)(H,56,61)(H,57,63)(H,58,66)(H,67,68)(H,69,70)(H4,50,51,52)/b19-18+,27-24+/t28-,29-,30-,31+,32-,34?,35?,36+,37-,38-,40?/m0/s1. The first kappa shape index (κ1) is 60.3. The van der Waals surface area contributed by atoms with Crippen molar-refractivity contribution in [3.8, 4) is 0 Å². The van der Waals surface area contributed by atoms with Crippen molar-refractivity contribution in [2.24, 2.45) is 40.1 Å². The molecule has 0 spiro atoms. The zero-order valence-electron chi connectivity index (χ0n) is 42.5. The number of methoxy groups -OCH3 is 1. The molecule has 394 valence electrons. The summed E-state index contributed by atoms with van der Waals surface area (Å²) in [7, 11) is 2.93. The molecule has 22 nitrogen and oxygen atoms in total. The van der Waals surface area contributed by atoms with Crippen LogP contribution >= 0.6 is 0 Å². The Morgan fingerprint density at radius 2 is 1.41 bits per heavy atom. The third-order valence-electron chi connectivity index (χ3n) is 12.3. The van der Waals surface area contributed by atoms with Crippen molar-refractivity contribution in [1.82, 2.24) is 36.8 Å².